The fourth-order valence-electron chi connectivity index (χ4n) is 5.86. The summed E-state index contributed by atoms with van der Waals surface area (Å²) in [6.07, 6.45) is 0. The number of fused-ring (bicyclic) bond motifs is 6. The zero-order valence-electron chi connectivity index (χ0n) is 25.5. The molecule has 4 aromatic heterocycles. The normalized spacial score (nSPS) is 11.2. The van der Waals surface area contributed by atoms with Crippen LogP contribution in [0.2, 0.25) is 0 Å². The van der Waals surface area contributed by atoms with Crippen molar-refractivity contribution in [3.05, 3.63) is 129 Å². The van der Waals surface area contributed by atoms with Crippen LogP contribution in [0.15, 0.2) is 124 Å². The summed E-state index contributed by atoms with van der Waals surface area (Å²) in [5.41, 5.74) is 4.74. The molecule has 0 radical (unpaired) electrons. The summed E-state index contributed by atoms with van der Waals surface area (Å²) < 4.78 is 33.1. The Labute approximate surface area is 262 Å². The van der Waals surface area contributed by atoms with Crippen molar-refractivity contribution in [1.29, 1.82) is 0 Å². The molecule has 4 aromatic carbocycles. The second-order valence-corrected chi connectivity index (χ2v) is 10.7. The first-order valence-corrected chi connectivity index (χ1v) is 14.6. The minimum Gasteiger partial charge on any atom is -0.497 e. The van der Waals surface area contributed by atoms with Crippen LogP contribution >= 0.6 is 0 Å². The van der Waals surface area contributed by atoms with E-state index in [-0.39, 0.29) is 11.3 Å². The number of methoxy groups -OCH3 is 2. The van der Waals surface area contributed by atoms with Gasteiger partial charge in [-0.15, -0.1) is 0 Å². The topological polar surface area (TPSA) is 105 Å². The maximum Gasteiger partial charge on any atom is 0.348 e. The van der Waals surface area contributed by atoms with E-state index in [2.05, 4.69) is 0 Å². The maximum absolute atomic E-state index is 12.5. The van der Waals surface area contributed by atoms with Crippen molar-refractivity contribution in [1.82, 2.24) is 0 Å². The van der Waals surface area contributed by atoms with Crippen LogP contribution in [-0.4, -0.2) is 14.2 Å². The van der Waals surface area contributed by atoms with Crippen molar-refractivity contribution in [2.75, 3.05) is 14.2 Å². The summed E-state index contributed by atoms with van der Waals surface area (Å²) in [7, 11) is 3.24. The molecular formula is C38H28O8. The Morgan fingerprint density at radius 2 is 0.848 bits per heavy atom. The lowest BCUT2D eigenvalue weighted by Crippen LogP contribution is -1.99. The number of ether oxygens (including phenoxy) is 2. The second-order valence-electron chi connectivity index (χ2n) is 10.7. The van der Waals surface area contributed by atoms with Gasteiger partial charge in [0, 0.05) is 11.1 Å². The van der Waals surface area contributed by atoms with Crippen LogP contribution in [0.3, 0.4) is 0 Å². The first-order chi connectivity index (χ1) is 22.4. The van der Waals surface area contributed by atoms with E-state index < -0.39 is 0 Å². The van der Waals surface area contributed by atoms with Crippen molar-refractivity contribution in [3.63, 3.8) is 0 Å². The molecule has 0 aliphatic rings. The van der Waals surface area contributed by atoms with Crippen LogP contribution in [0.4, 0.5) is 0 Å². The van der Waals surface area contributed by atoms with Crippen LogP contribution in [-0.2, 0) is 0 Å². The number of aryl methyl sites for hydroxylation is 2. The molecule has 0 spiro atoms. The Kier molecular flexibility index (Phi) is 7.17. The highest BCUT2D eigenvalue weighted by Gasteiger charge is 2.21. The molecule has 0 N–H and O–H groups in total. The highest BCUT2D eigenvalue weighted by atomic mass is 16.5. The Bertz CT molecular complexity index is 2310. The first kappa shape index (κ1) is 28.7. The van der Waals surface area contributed by atoms with E-state index in [0.717, 1.165) is 44.5 Å². The van der Waals surface area contributed by atoms with E-state index in [9.17, 15) is 9.59 Å². The minimum atomic E-state index is -0.388. The quantitative estimate of drug-likeness (QED) is 0.181. The van der Waals surface area contributed by atoms with Crippen LogP contribution < -0.4 is 20.7 Å². The van der Waals surface area contributed by atoms with Crippen LogP contribution in [0, 0.1) is 13.8 Å². The molecule has 0 bridgehead atoms. The highest BCUT2D eigenvalue weighted by molar-refractivity contribution is 6.08. The van der Waals surface area contributed by atoms with Gasteiger partial charge in [-0.05, 0) is 73.5 Å². The first-order valence-electron chi connectivity index (χ1n) is 14.6. The number of benzene rings is 4. The lowest BCUT2D eigenvalue weighted by atomic mass is 10.0. The SMILES string of the molecule is COc1ccc(-c2c(C)oc3c2c(=O)oc2ccccc23)cc1.COc1ccc(-c2c(C)oc3c2c(=O)oc2ccccc23)cc1. The van der Waals surface area contributed by atoms with Gasteiger partial charge in [0.2, 0.25) is 0 Å². The van der Waals surface area contributed by atoms with Gasteiger partial charge < -0.3 is 27.1 Å². The van der Waals surface area contributed by atoms with Gasteiger partial charge in [0.05, 0.1) is 25.0 Å². The van der Waals surface area contributed by atoms with Gasteiger partial charge in [-0.2, -0.15) is 0 Å². The molecule has 46 heavy (non-hydrogen) atoms. The smallest absolute Gasteiger partial charge is 0.348 e. The molecule has 0 unspecified atom stereocenters. The molecule has 0 fully saturated rings. The van der Waals surface area contributed by atoms with E-state index in [4.69, 9.17) is 27.1 Å². The number of hydrogen-bond donors (Lipinski definition) is 0. The molecule has 0 aliphatic carbocycles. The average Bonchev–Trinajstić information content (AvgIpc) is 3.63. The van der Waals surface area contributed by atoms with Crippen molar-refractivity contribution >= 4 is 43.9 Å². The molecule has 228 valence electrons. The van der Waals surface area contributed by atoms with Gasteiger partial charge >= 0.3 is 11.3 Å². The van der Waals surface area contributed by atoms with Gasteiger partial charge in [0.1, 0.15) is 45.0 Å². The fourth-order valence-corrected chi connectivity index (χ4v) is 5.86. The number of hydrogen-bond acceptors (Lipinski definition) is 8. The van der Waals surface area contributed by atoms with Gasteiger partial charge in [-0.3, -0.25) is 0 Å². The third-order valence-electron chi connectivity index (χ3n) is 8.00. The summed E-state index contributed by atoms with van der Waals surface area (Å²) in [5, 5.41) is 2.55. The van der Waals surface area contributed by atoms with Gasteiger partial charge in [0.25, 0.3) is 0 Å². The molecule has 4 heterocycles. The maximum atomic E-state index is 12.5. The van der Waals surface area contributed by atoms with Crippen molar-refractivity contribution in [2.45, 2.75) is 13.8 Å². The molecule has 0 amide bonds. The van der Waals surface area contributed by atoms with E-state index >= 15 is 0 Å². The van der Waals surface area contributed by atoms with E-state index in [1.807, 2.05) is 98.8 Å². The molecule has 0 saturated carbocycles. The van der Waals surface area contributed by atoms with Gasteiger partial charge in [-0.1, -0.05) is 48.5 Å². The zero-order valence-corrected chi connectivity index (χ0v) is 25.5. The average molecular weight is 613 g/mol. The lowest BCUT2D eigenvalue weighted by Gasteiger charge is -2.03. The van der Waals surface area contributed by atoms with Crippen molar-refractivity contribution in [3.8, 4) is 33.8 Å². The van der Waals surface area contributed by atoms with Crippen LogP contribution in [0.25, 0.3) is 66.1 Å². The van der Waals surface area contributed by atoms with E-state index in [0.29, 0.717) is 44.6 Å². The monoisotopic (exact) mass is 612 g/mol. The molecule has 0 saturated heterocycles. The lowest BCUT2D eigenvalue weighted by molar-refractivity contribution is 0.415. The van der Waals surface area contributed by atoms with Crippen molar-refractivity contribution in [2.24, 2.45) is 0 Å². The molecular weight excluding hydrogens is 584 g/mol. The summed E-state index contributed by atoms with van der Waals surface area (Å²) >= 11 is 0. The molecule has 0 atom stereocenters. The Hall–Kier alpha value is -6.02. The molecule has 8 aromatic rings. The summed E-state index contributed by atoms with van der Waals surface area (Å²) in [6, 6.07) is 29.8. The second kappa shape index (κ2) is 11.5. The molecule has 8 rings (SSSR count). The third-order valence-corrected chi connectivity index (χ3v) is 8.00. The summed E-state index contributed by atoms with van der Waals surface area (Å²) in [6.45, 7) is 3.71. The summed E-state index contributed by atoms with van der Waals surface area (Å²) in [5.74, 6) is 2.90. The van der Waals surface area contributed by atoms with E-state index in [1.165, 1.54) is 0 Å². The minimum absolute atomic E-state index is 0.388. The van der Waals surface area contributed by atoms with Crippen LogP contribution in [0.1, 0.15) is 11.5 Å². The van der Waals surface area contributed by atoms with E-state index in [1.54, 1.807) is 26.4 Å². The Morgan fingerprint density at radius 3 is 1.22 bits per heavy atom. The largest absolute Gasteiger partial charge is 0.497 e. The van der Waals surface area contributed by atoms with Gasteiger partial charge in [-0.25, -0.2) is 9.59 Å². The van der Waals surface area contributed by atoms with Gasteiger partial charge in [0.15, 0.2) is 11.2 Å². The predicted molar refractivity (Wildman–Crippen MR) is 178 cm³/mol. The van der Waals surface area contributed by atoms with Crippen molar-refractivity contribution < 1.29 is 27.1 Å². The zero-order chi connectivity index (χ0) is 31.9. The number of rotatable bonds is 4. The molecule has 8 heteroatoms. The highest BCUT2D eigenvalue weighted by Crippen LogP contribution is 2.38. The Morgan fingerprint density at radius 1 is 0.478 bits per heavy atom. The molecule has 8 nitrogen and oxygen atoms in total. The standard InChI is InChI=1S/2C19H14O4/c2*1-11-16(12-7-9-13(21-2)10-8-12)17-18(22-11)14-5-3-4-6-15(14)23-19(17)20/h2*3-10H,1-2H3. The van der Waals surface area contributed by atoms with Crippen LogP contribution in [0.5, 0.6) is 11.5 Å². The Balaban J connectivity index is 0.000000147. The predicted octanol–water partition coefficient (Wildman–Crippen LogP) is 9.05. The number of furan rings is 2. The summed E-state index contributed by atoms with van der Waals surface area (Å²) in [4.78, 5) is 24.9. The third kappa shape index (κ3) is 4.80. The molecule has 0 aliphatic heterocycles. The fraction of sp³-hybridized carbons (Fsp3) is 0.105. The number of para-hydroxylation sites is 2.